The first-order valence-corrected chi connectivity index (χ1v) is 11.2. The third-order valence-electron chi connectivity index (χ3n) is 4.17. The average molecular weight is 322 g/mol. The van der Waals surface area contributed by atoms with Gasteiger partial charge in [-0.2, -0.15) is 0 Å². The zero-order valence-corrected chi connectivity index (χ0v) is 15.1. The second kappa shape index (κ2) is 5.62. The van der Waals surface area contributed by atoms with E-state index in [1.807, 2.05) is 6.20 Å². The molecule has 1 aromatic rings. The number of nitrogens with zero attached hydrogens (tertiary/aromatic N) is 1. The summed E-state index contributed by atoms with van der Waals surface area (Å²) in [6.07, 6.45) is 3.61. The number of hydrogen-bond acceptors (Lipinski definition) is 2. The molecule has 0 N–H and O–H groups in total. The van der Waals surface area contributed by atoms with Crippen LogP contribution in [0.5, 0.6) is 0 Å². The van der Waals surface area contributed by atoms with E-state index in [2.05, 4.69) is 45.8 Å². The van der Waals surface area contributed by atoms with Gasteiger partial charge in [-0.1, -0.05) is 41.5 Å². The lowest BCUT2D eigenvalue weighted by Crippen LogP contribution is -2.51. The lowest BCUT2D eigenvalue weighted by atomic mass is 10.5. The van der Waals surface area contributed by atoms with Crippen molar-refractivity contribution in [3.63, 3.8) is 0 Å². The van der Waals surface area contributed by atoms with Crippen LogP contribution in [0.15, 0.2) is 23.4 Å². The van der Waals surface area contributed by atoms with E-state index in [-0.39, 0.29) is 4.90 Å². The van der Waals surface area contributed by atoms with Crippen LogP contribution in [0.3, 0.4) is 0 Å². The molecule has 0 spiro atoms. The van der Waals surface area contributed by atoms with E-state index < -0.39 is 17.3 Å². The highest BCUT2D eigenvalue weighted by Gasteiger charge is 2.45. The minimum absolute atomic E-state index is 0.202. The Bertz CT molecular complexity index is 513. The maximum absolute atomic E-state index is 11.5. The molecule has 1 aromatic heterocycles. The summed E-state index contributed by atoms with van der Waals surface area (Å²) in [7, 11) is -0.0788. The van der Waals surface area contributed by atoms with Gasteiger partial charge < -0.3 is 4.23 Å². The van der Waals surface area contributed by atoms with Crippen molar-refractivity contribution >= 4 is 28.0 Å². The first-order chi connectivity index (χ1) is 8.54. The van der Waals surface area contributed by atoms with Crippen LogP contribution in [0, 0.1) is 0 Å². The predicted molar refractivity (Wildman–Crippen MR) is 83.9 cm³/mol. The Kier molecular flexibility index (Phi) is 4.97. The molecule has 0 unspecified atom stereocenters. The Hall–Kier alpha value is -0.263. The van der Waals surface area contributed by atoms with Gasteiger partial charge in [-0.05, 0) is 28.9 Å². The molecule has 0 aliphatic rings. The van der Waals surface area contributed by atoms with Crippen molar-refractivity contribution in [2.45, 2.75) is 63.1 Å². The quantitative estimate of drug-likeness (QED) is 0.594. The minimum Gasteiger partial charge on any atom is -0.378 e. The van der Waals surface area contributed by atoms with Crippen LogP contribution in [0.1, 0.15) is 41.5 Å². The fourth-order valence-electron chi connectivity index (χ4n) is 3.66. The first-order valence-electron chi connectivity index (χ1n) is 6.67. The highest BCUT2D eigenvalue weighted by molar-refractivity contribution is 8.13. The van der Waals surface area contributed by atoms with E-state index in [0.717, 1.165) is 0 Å². The van der Waals surface area contributed by atoms with Crippen LogP contribution >= 0.6 is 10.7 Å². The highest BCUT2D eigenvalue weighted by Crippen LogP contribution is 2.42. The van der Waals surface area contributed by atoms with Gasteiger partial charge in [0.2, 0.25) is 0 Å². The van der Waals surface area contributed by atoms with E-state index in [9.17, 15) is 8.42 Å². The summed E-state index contributed by atoms with van der Waals surface area (Å²) in [5.41, 5.74) is 1.56. The molecule has 0 bridgehead atoms. The van der Waals surface area contributed by atoms with Crippen LogP contribution in [-0.4, -0.2) is 20.9 Å². The summed E-state index contributed by atoms with van der Waals surface area (Å²) in [6, 6.07) is 1.61. The van der Waals surface area contributed by atoms with Gasteiger partial charge in [0.15, 0.2) is 8.24 Å². The van der Waals surface area contributed by atoms with Gasteiger partial charge in [-0.25, -0.2) is 8.42 Å². The lowest BCUT2D eigenvalue weighted by molar-refractivity contribution is 0.609. The second-order valence-corrected chi connectivity index (χ2v) is 14.4. The molecule has 0 aromatic carbocycles. The van der Waals surface area contributed by atoms with Crippen LogP contribution in [0.25, 0.3) is 0 Å². The van der Waals surface area contributed by atoms with E-state index in [4.69, 9.17) is 10.7 Å². The van der Waals surface area contributed by atoms with Crippen molar-refractivity contribution in [2.24, 2.45) is 0 Å². The van der Waals surface area contributed by atoms with Crippen molar-refractivity contribution in [1.29, 1.82) is 0 Å². The molecule has 0 saturated heterocycles. The molecule has 0 amide bonds. The SMILES string of the molecule is CC(C)[Si](C(C)C)(C(C)C)n1ccc(S(=O)(=O)Cl)c1. The summed E-state index contributed by atoms with van der Waals surface area (Å²) in [4.78, 5) is 0.202. The van der Waals surface area contributed by atoms with Crippen molar-refractivity contribution in [3.8, 4) is 0 Å². The third kappa shape index (κ3) is 2.93. The second-order valence-electron chi connectivity index (χ2n) is 6.04. The monoisotopic (exact) mass is 321 g/mol. The van der Waals surface area contributed by atoms with Crippen molar-refractivity contribution in [1.82, 2.24) is 4.23 Å². The number of rotatable bonds is 5. The standard InChI is InChI=1S/C13H24ClNO2SSi/c1-10(2)19(11(3)4,12(5)6)15-8-7-13(9-15)18(14,16)17/h7-12H,1-6H3. The fraction of sp³-hybridized carbons (Fsp3) is 0.692. The third-order valence-corrected chi connectivity index (χ3v) is 12.2. The van der Waals surface area contributed by atoms with Gasteiger partial charge >= 0.3 is 0 Å². The number of hydrogen-bond donors (Lipinski definition) is 0. The smallest absolute Gasteiger partial charge is 0.262 e. The maximum atomic E-state index is 11.5. The van der Waals surface area contributed by atoms with Gasteiger partial charge in [-0.3, -0.25) is 0 Å². The topological polar surface area (TPSA) is 39.1 Å². The molecule has 1 heterocycles. The van der Waals surface area contributed by atoms with Crippen molar-refractivity contribution in [3.05, 3.63) is 18.5 Å². The molecule has 0 aliphatic carbocycles. The largest absolute Gasteiger partial charge is 0.378 e. The van der Waals surface area contributed by atoms with E-state index in [0.29, 0.717) is 16.6 Å². The number of halogens is 1. The average Bonchev–Trinajstić information content (AvgIpc) is 2.65. The molecular formula is C13H24ClNO2SSi. The molecular weight excluding hydrogens is 298 g/mol. The maximum Gasteiger partial charge on any atom is 0.262 e. The number of aromatic nitrogens is 1. The zero-order chi connectivity index (χ0) is 15.0. The Morgan fingerprint density at radius 2 is 1.47 bits per heavy atom. The molecule has 0 saturated carbocycles. The highest BCUT2D eigenvalue weighted by atomic mass is 35.7. The van der Waals surface area contributed by atoms with Gasteiger partial charge in [0.25, 0.3) is 9.05 Å². The summed E-state index contributed by atoms with van der Waals surface area (Å²) in [5.74, 6) is 0. The van der Waals surface area contributed by atoms with Gasteiger partial charge in [-0.15, -0.1) is 0 Å². The van der Waals surface area contributed by atoms with Gasteiger partial charge in [0, 0.05) is 16.9 Å². The molecule has 0 radical (unpaired) electrons. The minimum atomic E-state index is -3.65. The summed E-state index contributed by atoms with van der Waals surface area (Å²) < 4.78 is 25.1. The molecule has 0 atom stereocenters. The summed E-state index contributed by atoms with van der Waals surface area (Å²) in [6.45, 7) is 13.4. The molecule has 1 rings (SSSR count). The Morgan fingerprint density at radius 3 is 1.74 bits per heavy atom. The lowest BCUT2D eigenvalue weighted by Gasteiger charge is -2.44. The van der Waals surface area contributed by atoms with Crippen molar-refractivity contribution in [2.75, 3.05) is 0 Å². The van der Waals surface area contributed by atoms with Gasteiger partial charge in [0.05, 0.1) is 4.90 Å². The van der Waals surface area contributed by atoms with E-state index in [1.54, 1.807) is 12.3 Å². The summed E-state index contributed by atoms with van der Waals surface area (Å²) >= 11 is 0. The summed E-state index contributed by atoms with van der Waals surface area (Å²) in [5, 5.41) is 0. The molecule has 19 heavy (non-hydrogen) atoms. The van der Waals surface area contributed by atoms with E-state index in [1.165, 1.54) is 0 Å². The van der Waals surface area contributed by atoms with Crippen LogP contribution in [0.4, 0.5) is 0 Å². The molecule has 110 valence electrons. The van der Waals surface area contributed by atoms with Crippen LogP contribution in [0.2, 0.25) is 16.6 Å². The fourth-order valence-corrected chi connectivity index (χ4v) is 11.0. The molecule has 0 fully saturated rings. The van der Waals surface area contributed by atoms with Crippen LogP contribution in [-0.2, 0) is 9.05 Å². The van der Waals surface area contributed by atoms with E-state index >= 15 is 0 Å². The van der Waals surface area contributed by atoms with Gasteiger partial charge in [0.1, 0.15) is 0 Å². The first kappa shape index (κ1) is 16.8. The Balaban J connectivity index is 3.46. The Labute approximate surface area is 122 Å². The van der Waals surface area contributed by atoms with Crippen LogP contribution < -0.4 is 0 Å². The van der Waals surface area contributed by atoms with Crippen molar-refractivity contribution < 1.29 is 8.42 Å². The zero-order valence-electron chi connectivity index (χ0n) is 12.5. The molecule has 6 heteroatoms. The molecule has 3 nitrogen and oxygen atoms in total. The molecule has 0 aliphatic heterocycles. The Morgan fingerprint density at radius 1 is 1.05 bits per heavy atom. The normalized spacial score (nSPS) is 13.8. The predicted octanol–water partition coefficient (Wildman–Crippen LogP) is 4.44.